The number of carbonyl (C=O) groups excluding carboxylic acids is 2. The number of nitrogens with one attached hydrogen (secondary N) is 2. The quantitative estimate of drug-likeness (QED) is 0.845. The number of amides is 2. The van der Waals surface area contributed by atoms with Crippen molar-refractivity contribution in [2.45, 2.75) is 20.0 Å². The summed E-state index contributed by atoms with van der Waals surface area (Å²) in [6.07, 6.45) is 0. The van der Waals surface area contributed by atoms with Gasteiger partial charge in [-0.15, -0.1) is 0 Å². The zero-order chi connectivity index (χ0) is 14.4. The molecule has 0 radical (unpaired) electrons. The van der Waals surface area contributed by atoms with Crippen LogP contribution in [-0.2, 0) is 22.7 Å². The fourth-order valence-electron chi connectivity index (χ4n) is 1.62. The minimum atomic E-state index is -0.610. The minimum Gasteiger partial charge on any atom is -0.344 e. The highest BCUT2D eigenvalue weighted by Gasteiger charge is 2.12. The molecule has 0 aliphatic rings. The number of thiophene rings is 1. The summed E-state index contributed by atoms with van der Waals surface area (Å²) in [7, 11) is 0. The summed E-state index contributed by atoms with van der Waals surface area (Å²) in [6, 6.07) is 9.71. The monoisotopic (exact) mass is 288 g/mol. The average Bonchev–Trinajstić information content (AvgIpc) is 2.97. The van der Waals surface area contributed by atoms with Gasteiger partial charge in [0.2, 0.25) is 0 Å². The van der Waals surface area contributed by atoms with Gasteiger partial charge >= 0.3 is 11.8 Å². The molecule has 0 unspecified atom stereocenters. The van der Waals surface area contributed by atoms with Crippen LogP contribution in [0.4, 0.5) is 0 Å². The third-order valence-corrected chi connectivity index (χ3v) is 3.55. The third kappa shape index (κ3) is 4.20. The highest BCUT2D eigenvalue weighted by molar-refractivity contribution is 7.07. The van der Waals surface area contributed by atoms with E-state index in [2.05, 4.69) is 10.6 Å². The van der Waals surface area contributed by atoms with Crippen molar-refractivity contribution in [2.24, 2.45) is 0 Å². The lowest BCUT2D eigenvalue weighted by Crippen LogP contribution is -2.39. The van der Waals surface area contributed by atoms with Gasteiger partial charge in [-0.25, -0.2) is 0 Å². The third-order valence-electron chi connectivity index (χ3n) is 2.81. The topological polar surface area (TPSA) is 58.2 Å². The molecule has 1 heterocycles. The van der Waals surface area contributed by atoms with Crippen LogP contribution in [0.1, 0.15) is 16.7 Å². The van der Waals surface area contributed by atoms with Crippen LogP contribution < -0.4 is 10.6 Å². The van der Waals surface area contributed by atoms with Crippen LogP contribution in [0, 0.1) is 6.92 Å². The largest absolute Gasteiger partial charge is 0.344 e. The molecule has 4 nitrogen and oxygen atoms in total. The molecule has 5 heteroatoms. The number of hydrogen-bond acceptors (Lipinski definition) is 3. The van der Waals surface area contributed by atoms with E-state index in [9.17, 15) is 9.59 Å². The fourth-order valence-corrected chi connectivity index (χ4v) is 2.29. The number of rotatable bonds is 4. The molecule has 1 aromatic carbocycles. The maximum atomic E-state index is 11.6. The summed E-state index contributed by atoms with van der Waals surface area (Å²) in [6.45, 7) is 2.73. The summed E-state index contributed by atoms with van der Waals surface area (Å²) in [5.74, 6) is -1.22. The highest BCUT2D eigenvalue weighted by Crippen LogP contribution is 2.05. The first-order valence-corrected chi connectivity index (χ1v) is 7.22. The van der Waals surface area contributed by atoms with Gasteiger partial charge in [0.25, 0.3) is 0 Å². The van der Waals surface area contributed by atoms with E-state index >= 15 is 0 Å². The Morgan fingerprint density at radius 2 is 1.55 bits per heavy atom. The Morgan fingerprint density at radius 1 is 0.950 bits per heavy atom. The number of carbonyl (C=O) groups is 2. The molecule has 0 fully saturated rings. The standard InChI is InChI=1S/C15H16N2O2S/c1-11-2-4-12(5-3-11)8-16-14(18)15(19)17-9-13-6-7-20-10-13/h2-7,10H,8-9H2,1H3,(H,16,18)(H,17,19). The molecule has 0 atom stereocenters. The van der Waals surface area contributed by atoms with Crippen molar-refractivity contribution in [3.8, 4) is 0 Å². The molecule has 0 spiro atoms. The summed E-state index contributed by atoms with van der Waals surface area (Å²) in [5, 5.41) is 9.05. The molecular formula is C15H16N2O2S. The lowest BCUT2D eigenvalue weighted by atomic mass is 10.1. The second-order valence-electron chi connectivity index (χ2n) is 4.48. The first kappa shape index (κ1) is 14.3. The second-order valence-corrected chi connectivity index (χ2v) is 5.26. The van der Waals surface area contributed by atoms with Crippen LogP contribution in [0.15, 0.2) is 41.1 Å². The van der Waals surface area contributed by atoms with Gasteiger partial charge in [-0.1, -0.05) is 29.8 Å². The molecule has 20 heavy (non-hydrogen) atoms. The van der Waals surface area contributed by atoms with E-state index in [4.69, 9.17) is 0 Å². The van der Waals surface area contributed by atoms with E-state index in [1.165, 1.54) is 0 Å². The fraction of sp³-hybridized carbons (Fsp3) is 0.200. The summed E-state index contributed by atoms with van der Waals surface area (Å²) in [5.41, 5.74) is 3.12. The van der Waals surface area contributed by atoms with Crippen molar-refractivity contribution in [2.75, 3.05) is 0 Å². The van der Waals surface area contributed by atoms with Gasteiger partial charge in [-0.2, -0.15) is 11.3 Å². The smallest absolute Gasteiger partial charge is 0.309 e. The maximum absolute atomic E-state index is 11.6. The Bertz CT molecular complexity index is 576. The van der Waals surface area contributed by atoms with E-state index in [1.54, 1.807) is 11.3 Å². The number of benzene rings is 1. The lowest BCUT2D eigenvalue weighted by Gasteiger charge is -2.06. The van der Waals surface area contributed by atoms with Crippen molar-refractivity contribution in [1.29, 1.82) is 0 Å². The first-order valence-electron chi connectivity index (χ1n) is 6.28. The Hall–Kier alpha value is -2.14. The molecule has 0 saturated heterocycles. The molecule has 1 aromatic heterocycles. The molecule has 104 valence electrons. The van der Waals surface area contributed by atoms with E-state index in [0.29, 0.717) is 13.1 Å². The molecule has 0 aliphatic heterocycles. The first-order chi connectivity index (χ1) is 9.65. The van der Waals surface area contributed by atoms with Crippen LogP contribution in [0.3, 0.4) is 0 Å². The van der Waals surface area contributed by atoms with E-state index in [0.717, 1.165) is 16.7 Å². The average molecular weight is 288 g/mol. The van der Waals surface area contributed by atoms with E-state index in [-0.39, 0.29) is 0 Å². The van der Waals surface area contributed by atoms with Crippen LogP contribution in [0.5, 0.6) is 0 Å². The van der Waals surface area contributed by atoms with Gasteiger partial charge in [0, 0.05) is 13.1 Å². The SMILES string of the molecule is Cc1ccc(CNC(=O)C(=O)NCc2ccsc2)cc1. The summed E-state index contributed by atoms with van der Waals surface area (Å²) >= 11 is 1.56. The normalized spacial score (nSPS) is 10.1. The lowest BCUT2D eigenvalue weighted by molar-refractivity contribution is -0.139. The molecular weight excluding hydrogens is 272 g/mol. The molecule has 2 N–H and O–H groups in total. The zero-order valence-electron chi connectivity index (χ0n) is 11.2. The molecule has 2 aromatic rings. The van der Waals surface area contributed by atoms with Crippen molar-refractivity contribution < 1.29 is 9.59 Å². The maximum Gasteiger partial charge on any atom is 0.309 e. The Kier molecular flexibility index (Phi) is 4.90. The van der Waals surface area contributed by atoms with Gasteiger partial charge < -0.3 is 10.6 Å². The Morgan fingerprint density at radius 3 is 2.10 bits per heavy atom. The van der Waals surface area contributed by atoms with Crippen molar-refractivity contribution >= 4 is 23.2 Å². The molecule has 2 amide bonds. The second kappa shape index (κ2) is 6.86. The van der Waals surface area contributed by atoms with Crippen molar-refractivity contribution in [3.63, 3.8) is 0 Å². The summed E-state index contributed by atoms with van der Waals surface area (Å²) < 4.78 is 0. The summed E-state index contributed by atoms with van der Waals surface area (Å²) in [4.78, 5) is 23.2. The minimum absolute atomic E-state index is 0.352. The predicted molar refractivity (Wildman–Crippen MR) is 79.2 cm³/mol. The van der Waals surface area contributed by atoms with Crippen LogP contribution in [0.2, 0.25) is 0 Å². The van der Waals surface area contributed by atoms with Crippen molar-refractivity contribution in [3.05, 3.63) is 57.8 Å². The van der Waals surface area contributed by atoms with Crippen LogP contribution >= 0.6 is 11.3 Å². The molecule has 0 bridgehead atoms. The molecule has 0 aliphatic carbocycles. The van der Waals surface area contributed by atoms with Gasteiger partial charge in [0.15, 0.2) is 0 Å². The Balaban J connectivity index is 1.76. The van der Waals surface area contributed by atoms with E-state index < -0.39 is 11.8 Å². The van der Waals surface area contributed by atoms with E-state index in [1.807, 2.05) is 48.0 Å². The van der Waals surface area contributed by atoms with Crippen molar-refractivity contribution in [1.82, 2.24) is 10.6 Å². The van der Waals surface area contributed by atoms with Crippen LogP contribution in [0.25, 0.3) is 0 Å². The Labute approximate surface area is 121 Å². The van der Waals surface area contributed by atoms with Gasteiger partial charge in [-0.05, 0) is 34.9 Å². The molecule has 2 rings (SSSR count). The number of hydrogen-bond donors (Lipinski definition) is 2. The van der Waals surface area contributed by atoms with Gasteiger partial charge in [0.05, 0.1) is 0 Å². The zero-order valence-corrected chi connectivity index (χ0v) is 12.0. The predicted octanol–water partition coefficient (Wildman–Crippen LogP) is 1.99. The van der Waals surface area contributed by atoms with Gasteiger partial charge in [-0.3, -0.25) is 9.59 Å². The molecule has 0 saturated carbocycles. The number of aryl methyl sites for hydroxylation is 1. The van der Waals surface area contributed by atoms with Gasteiger partial charge in [0.1, 0.15) is 0 Å². The highest BCUT2D eigenvalue weighted by atomic mass is 32.1. The van der Waals surface area contributed by atoms with Crippen LogP contribution in [-0.4, -0.2) is 11.8 Å².